The quantitative estimate of drug-likeness (QED) is 0.375. The molecule has 4 rings (SSSR count). The Labute approximate surface area is 185 Å². The normalized spacial score (nSPS) is 15.6. The van der Waals surface area contributed by atoms with Crippen LogP contribution < -0.4 is 0 Å². The van der Waals surface area contributed by atoms with Crippen LogP contribution in [0.25, 0.3) is 17.4 Å². The highest BCUT2D eigenvalue weighted by atomic mass is 79.9. The van der Waals surface area contributed by atoms with E-state index >= 15 is 0 Å². The lowest BCUT2D eigenvalue weighted by Gasteiger charge is -2.13. The summed E-state index contributed by atoms with van der Waals surface area (Å²) in [4.78, 5) is 26.7. The van der Waals surface area contributed by atoms with E-state index < -0.39 is 0 Å². The van der Waals surface area contributed by atoms with Crippen molar-refractivity contribution in [1.29, 1.82) is 0 Å². The maximum absolute atomic E-state index is 12.7. The minimum atomic E-state index is -0.327. The van der Waals surface area contributed by atoms with E-state index in [0.717, 1.165) is 32.9 Å². The first-order valence-corrected chi connectivity index (χ1v) is 10.8. The largest absolute Gasteiger partial charge is 0.457 e. The third-order valence-corrected chi connectivity index (χ3v) is 6.60. The molecule has 0 saturated carbocycles. The van der Waals surface area contributed by atoms with Crippen LogP contribution in [0.15, 0.2) is 68.4 Å². The first kappa shape index (κ1) is 20.0. The number of hydrogen-bond acceptors (Lipinski definition) is 4. The first-order chi connectivity index (χ1) is 13.9. The molecule has 0 radical (unpaired) electrons. The van der Waals surface area contributed by atoms with E-state index in [1.54, 1.807) is 12.1 Å². The molecule has 146 valence electrons. The van der Waals surface area contributed by atoms with Crippen LogP contribution in [0, 0.1) is 6.92 Å². The molecule has 0 atom stereocenters. The Kier molecular flexibility index (Phi) is 5.67. The third-order valence-electron chi connectivity index (χ3n) is 4.52. The van der Waals surface area contributed by atoms with Gasteiger partial charge in [-0.05, 0) is 54.1 Å². The minimum absolute atomic E-state index is 0.217. The fraction of sp³-hybridized carbons (Fsp3) is 0.0909. The molecule has 2 heterocycles. The van der Waals surface area contributed by atoms with E-state index in [1.807, 2.05) is 55.5 Å². The highest BCUT2D eigenvalue weighted by Crippen LogP contribution is 2.35. The minimum Gasteiger partial charge on any atom is -0.457 e. The van der Waals surface area contributed by atoms with Gasteiger partial charge in [-0.25, -0.2) is 0 Å². The summed E-state index contributed by atoms with van der Waals surface area (Å²) in [7, 11) is 0. The van der Waals surface area contributed by atoms with Crippen LogP contribution in [-0.2, 0) is 11.3 Å². The van der Waals surface area contributed by atoms with Crippen molar-refractivity contribution >= 4 is 56.5 Å². The van der Waals surface area contributed by atoms with E-state index in [2.05, 4.69) is 15.9 Å². The molecule has 2 aromatic carbocycles. The van der Waals surface area contributed by atoms with Crippen molar-refractivity contribution in [2.24, 2.45) is 0 Å². The van der Waals surface area contributed by atoms with Gasteiger partial charge in [-0.2, -0.15) is 0 Å². The highest BCUT2D eigenvalue weighted by Gasteiger charge is 2.35. The molecule has 3 aromatic rings. The van der Waals surface area contributed by atoms with Crippen LogP contribution in [0.2, 0.25) is 5.02 Å². The van der Waals surface area contributed by atoms with Gasteiger partial charge in [0.05, 0.1) is 11.4 Å². The van der Waals surface area contributed by atoms with Gasteiger partial charge in [0.1, 0.15) is 11.5 Å². The lowest BCUT2D eigenvalue weighted by Crippen LogP contribution is -2.27. The van der Waals surface area contributed by atoms with Crippen LogP contribution in [0.5, 0.6) is 0 Å². The second kappa shape index (κ2) is 8.22. The molecule has 1 fully saturated rings. The molecule has 0 unspecified atom stereocenters. The van der Waals surface area contributed by atoms with Gasteiger partial charge in [0, 0.05) is 21.1 Å². The smallest absolute Gasteiger partial charge is 0.293 e. The van der Waals surface area contributed by atoms with Gasteiger partial charge in [-0.3, -0.25) is 14.5 Å². The van der Waals surface area contributed by atoms with E-state index in [-0.39, 0.29) is 17.7 Å². The molecule has 0 spiro atoms. The molecule has 0 N–H and O–H groups in total. The second-order valence-corrected chi connectivity index (χ2v) is 8.78. The van der Waals surface area contributed by atoms with Gasteiger partial charge in [-0.1, -0.05) is 57.9 Å². The number of carbonyl (C=O) groups is 2. The molecule has 29 heavy (non-hydrogen) atoms. The summed E-state index contributed by atoms with van der Waals surface area (Å²) < 4.78 is 6.70. The zero-order valence-corrected chi connectivity index (χ0v) is 18.5. The van der Waals surface area contributed by atoms with Crippen LogP contribution in [0.1, 0.15) is 16.9 Å². The van der Waals surface area contributed by atoms with E-state index in [1.165, 1.54) is 4.90 Å². The van der Waals surface area contributed by atoms with Crippen LogP contribution in [0.4, 0.5) is 4.79 Å². The Hall–Kier alpha value is -2.28. The molecule has 7 heteroatoms. The number of hydrogen-bond donors (Lipinski definition) is 0. The standard InChI is InChI=1S/C22H15BrClNO3S/c1-13-6-7-14(10-18(13)24)19-9-8-16(28-19)11-20-21(26)25(22(27)29-20)12-15-4-2-3-5-17(15)23/h2-11H,12H2,1H3/b20-11-. The lowest BCUT2D eigenvalue weighted by molar-refractivity contribution is -0.123. The van der Waals surface area contributed by atoms with Gasteiger partial charge < -0.3 is 4.42 Å². The zero-order chi connectivity index (χ0) is 20.5. The molecule has 4 nitrogen and oxygen atoms in total. The molecule has 1 saturated heterocycles. The van der Waals surface area contributed by atoms with E-state index in [9.17, 15) is 9.59 Å². The summed E-state index contributed by atoms with van der Waals surface area (Å²) in [5.41, 5.74) is 2.70. The van der Waals surface area contributed by atoms with Gasteiger partial charge in [-0.15, -0.1) is 0 Å². The van der Waals surface area contributed by atoms with E-state index in [4.69, 9.17) is 16.0 Å². The number of benzene rings is 2. The van der Waals surface area contributed by atoms with Crippen LogP contribution in [-0.4, -0.2) is 16.0 Å². The zero-order valence-electron chi connectivity index (χ0n) is 15.3. The van der Waals surface area contributed by atoms with Gasteiger partial charge in [0.25, 0.3) is 11.1 Å². The predicted octanol–water partition coefficient (Wildman–Crippen LogP) is 6.91. The predicted molar refractivity (Wildman–Crippen MR) is 120 cm³/mol. The number of furan rings is 1. The van der Waals surface area contributed by atoms with E-state index in [0.29, 0.717) is 21.4 Å². The second-order valence-electron chi connectivity index (χ2n) is 6.53. The Morgan fingerprint density at radius 3 is 2.69 bits per heavy atom. The molecule has 1 aromatic heterocycles. The summed E-state index contributed by atoms with van der Waals surface area (Å²) >= 11 is 10.6. The number of imide groups is 1. The number of amides is 2. The summed E-state index contributed by atoms with van der Waals surface area (Å²) in [6.07, 6.45) is 1.60. The fourth-order valence-electron chi connectivity index (χ4n) is 2.89. The number of aryl methyl sites for hydroxylation is 1. The molecular weight excluding hydrogens is 474 g/mol. The molecular formula is C22H15BrClNO3S. The summed E-state index contributed by atoms with van der Waals surface area (Å²) in [6, 6.07) is 16.8. The topological polar surface area (TPSA) is 50.5 Å². The van der Waals surface area contributed by atoms with Gasteiger partial charge in [0.15, 0.2) is 0 Å². The van der Waals surface area contributed by atoms with Crippen molar-refractivity contribution < 1.29 is 14.0 Å². The number of rotatable bonds is 4. The Morgan fingerprint density at radius 1 is 1.14 bits per heavy atom. The lowest BCUT2D eigenvalue weighted by atomic mass is 10.1. The Balaban J connectivity index is 1.55. The maximum Gasteiger partial charge on any atom is 0.293 e. The molecule has 2 amide bonds. The third kappa shape index (κ3) is 4.20. The molecule has 1 aliphatic heterocycles. The Bertz CT molecular complexity index is 1150. The van der Waals surface area contributed by atoms with Crippen molar-refractivity contribution in [3.05, 3.63) is 85.9 Å². The average molecular weight is 489 g/mol. The van der Waals surface area contributed by atoms with Crippen molar-refractivity contribution in [3.8, 4) is 11.3 Å². The van der Waals surface area contributed by atoms with Crippen molar-refractivity contribution in [1.82, 2.24) is 4.90 Å². The number of nitrogens with zero attached hydrogens (tertiary/aromatic N) is 1. The van der Waals surface area contributed by atoms with Crippen molar-refractivity contribution in [3.63, 3.8) is 0 Å². The highest BCUT2D eigenvalue weighted by molar-refractivity contribution is 9.10. The van der Waals surface area contributed by atoms with Gasteiger partial charge in [0.2, 0.25) is 0 Å². The molecule has 0 bridgehead atoms. The van der Waals surface area contributed by atoms with Crippen LogP contribution in [0.3, 0.4) is 0 Å². The monoisotopic (exact) mass is 487 g/mol. The average Bonchev–Trinajstić information content (AvgIpc) is 3.26. The van der Waals surface area contributed by atoms with Gasteiger partial charge >= 0.3 is 0 Å². The first-order valence-electron chi connectivity index (χ1n) is 8.77. The number of thioether (sulfide) groups is 1. The molecule has 1 aliphatic rings. The molecule has 0 aliphatic carbocycles. The summed E-state index contributed by atoms with van der Waals surface area (Å²) in [6.45, 7) is 2.15. The fourth-order valence-corrected chi connectivity index (χ4v) is 4.30. The van der Waals surface area contributed by atoms with Crippen LogP contribution >= 0.6 is 39.3 Å². The number of carbonyl (C=O) groups excluding carboxylic acids is 2. The SMILES string of the molecule is Cc1ccc(-c2ccc(/C=C3\SC(=O)N(Cc4ccccc4Br)C3=O)o2)cc1Cl. The summed E-state index contributed by atoms with van der Waals surface area (Å²) in [5, 5.41) is 0.364. The summed E-state index contributed by atoms with van der Waals surface area (Å²) in [5.74, 6) is 0.820. The Morgan fingerprint density at radius 2 is 1.93 bits per heavy atom. The van der Waals surface area contributed by atoms with Crippen molar-refractivity contribution in [2.45, 2.75) is 13.5 Å². The maximum atomic E-state index is 12.7. The van der Waals surface area contributed by atoms with Crippen molar-refractivity contribution in [2.75, 3.05) is 0 Å². The number of halogens is 2.